The normalized spacial score (nSPS) is 39.9. The molecule has 2 amide bonds. The number of rotatable bonds is 4. The lowest BCUT2D eigenvalue weighted by Crippen LogP contribution is -2.39. The van der Waals surface area contributed by atoms with Gasteiger partial charge < -0.3 is 15.0 Å². The average Bonchev–Trinajstić information content (AvgIpc) is 2.91. The monoisotopic (exact) mass is 266 g/mol. The first-order valence-electron chi connectivity index (χ1n) is 7.59. The number of amides is 2. The van der Waals surface area contributed by atoms with Gasteiger partial charge in [0.05, 0.1) is 12.7 Å². The van der Waals surface area contributed by atoms with Crippen LogP contribution in [0.25, 0.3) is 0 Å². The van der Waals surface area contributed by atoms with Crippen LogP contribution in [0, 0.1) is 16.7 Å². The molecule has 1 heterocycles. The Kier molecular flexibility index (Phi) is 3.04. The van der Waals surface area contributed by atoms with Crippen LogP contribution >= 0.6 is 0 Å². The predicted molar refractivity (Wildman–Crippen MR) is 73.9 cm³/mol. The fraction of sp³-hybridized carbons (Fsp3) is 0.933. The molecule has 1 aliphatic heterocycles. The Balaban J connectivity index is 1.53. The van der Waals surface area contributed by atoms with Gasteiger partial charge in [-0.15, -0.1) is 0 Å². The molecule has 0 unspecified atom stereocenters. The second-order valence-corrected chi connectivity index (χ2v) is 7.19. The van der Waals surface area contributed by atoms with Crippen molar-refractivity contribution < 1.29 is 9.53 Å². The van der Waals surface area contributed by atoms with E-state index < -0.39 is 0 Å². The number of urea groups is 1. The molecule has 0 aromatic carbocycles. The summed E-state index contributed by atoms with van der Waals surface area (Å²) >= 11 is 0. The molecule has 2 bridgehead atoms. The van der Waals surface area contributed by atoms with E-state index in [1.807, 2.05) is 4.90 Å². The molecule has 0 radical (unpaired) electrons. The SMILES string of the molecule is CC1(C)[C@H]2CC[C@@]1(C)[C@@H](OCCN1CCNC1=O)C2. The van der Waals surface area contributed by atoms with Crippen LogP contribution in [-0.2, 0) is 4.74 Å². The highest BCUT2D eigenvalue weighted by Gasteiger charge is 2.61. The van der Waals surface area contributed by atoms with Crippen LogP contribution in [0.15, 0.2) is 0 Å². The van der Waals surface area contributed by atoms with Crippen LogP contribution in [0.2, 0.25) is 0 Å². The van der Waals surface area contributed by atoms with Gasteiger partial charge in [0.25, 0.3) is 0 Å². The zero-order valence-electron chi connectivity index (χ0n) is 12.4. The number of hydrogen-bond acceptors (Lipinski definition) is 2. The van der Waals surface area contributed by atoms with E-state index in [1.165, 1.54) is 19.3 Å². The lowest BCUT2D eigenvalue weighted by Gasteiger charge is -2.39. The second kappa shape index (κ2) is 4.37. The van der Waals surface area contributed by atoms with Gasteiger partial charge in [0.1, 0.15) is 0 Å². The number of carbonyl (C=O) groups is 1. The number of fused-ring (bicyclic) bond motifs is 2. The maximum atomic E-state index is 11.5. The number of nitrogens with one attached hydrogen (secondary N) is 1. The highest BCUT2D eigenvalue weighted by Crippen LogP contribution is 2.66. The van der Waals surface area contributed by atoms with Crippen LogP contribution < -0.4 is 5.32 Å². The summed E-state index contributed by atoms with van der Waals surface area (Å²) in [6, 6.07) is 0.0584. The van der Waals surface area contributed by atoms with Crippen LogP contribution in [0.3, 0.4) is 0 Å². The third-order valence-electron chi connectivity index (χ3n) is 6.34. The summed E-state index contributed by atoms with van der Waals surface area (Å²) in [5.41, 5.74) is 0.730. The zero-order chi connectivity index (χ0) is 13.7. The van der Waals surface area contributed by atoms with Crippen LogP contribution in [0.1, 0.15) is 40.0 Å². The van der Waals surface area contributed by atoms with Crippen molar-refractivity contribution in [2.45, 2.75) is 46.1 Å². The minimum atomic E-state index is 0.0584. The molecule has 3 fully saturated rings. The fourth-order valence-electron chi connectivity index (χ4n) is 4.41. The molecule has 0 aromatic heterocycles. The lowest BCUT2D eigenvalue weighted by molar-refractivity contribution is -0.0490. The number of hydrogen-bond donors (Lipinski definition) is 1. The van der Waals surface area contributed by atoms with E-state index in [9.17, 15) is 4.79 Å². The third kappa shape index (κ3) is 1.87. The summed E-state index contributed by atoms with van der Waals surface area (Å²) < 4.78 is 6.16. The van der Waals surface area contributed by atoms with Crippen molar-refractivity contribution in [3.05, 3.63) is 0 Å². The Morgan fingerprint density at radius 1 is 1.42 bits per heavy atom. The van der Waals surface area contributed by atoms with Crippen molar-refractivity contribution in [3.8, 4) is 0 Å². The molecule has 1 N–H and O–H groups in total. The van der Waals surface area contributed by atoms with Crippen LogP contribution in [0.5, 0.6) is 0 Å². The molecule has 108 valence electrons. The molecule has 4 heteroatoms. The van der Waals surface area contributed by atoms with Crippen molar-refractivity contribution in [2.75, 3.05) is 26.2 Å². The molecular formula is C15H26N2O2. The van der Waals surface area contributed by atoms with Crippen molar-refractivity contribution in [1.29, 1.82) is 0 Å². The smallest absolute Gasteiger partial charge is 0.317 e. The molecule has 4 nitrogen and oxygen atoms in total. The first kappa shape index (κ1) is 13.2. The quantitative estimate of drug-likeness (QED) is 0.848. The van der Waals surface area contributed by atoms with E-state index in [0.717, 1.165) is 25.6 Å². The first-order chi connectivity index (χ1) is 8.95. The van der Waals surface area contributed by atoms with Gasteiger partial charge in [-0.3, -0.25) is 0 Å². The highest BCUT2D eigenvalue weighted by molar-refractivity contribution is 5.76. The minimum absolute atomic E-state index is 0.0584. The molecule has 0 aromatic rings. The summed E-state index contributed by atoms with van der Waals surface area (Å²) in [4.78, 5) is 13.3. The topological polar surface area (TPSA) is 41.6 Å². The van der Waals surface area contributed by atoms with E-state index >= 15 is 0 Å². The summed E-state index contributed by atoms with van der Waals surface area (Å²) in [6.07, 6.45) is 4.24. The van der Waals surface area contributed by atoms with Crippen molar-refractivity contribution >= 4 is 6.03 Å². The van der Waals surface area contributed by atoms with Gasteiger partial charge in [-0.25, -0.2) is 4.79 Å². The molecule has 1 saturated heterocycles. The van der Waals surface area contributed by atoms with Gasteiger partial charge in [-0.1, -0.05) is 20.8 Å². The average molecular weight is 266 g/mol. The Morgan fingerprint density at radius 2 is 2.21 bits per heavy atom. The number of ether oxygens (including phenoxy) is 1. The van der Waals surface area contributed by atoms with Gasteiger partial charge in [0.15, 0.2) is 0 Å². The van der Waals surface area contributed by atoms with Gasteiger partial charge in [-0.2, -0.15) is 0 Å². The maximum Gasteiger partial charge on any atom is 0.317 e. The van der Waals surface area contributed by atoms with Crippen molar-refractivity contribution in [2.24, 2.45) is 16.7 Å². The Labute approximate surface area is 115 Å². The maximum absolute atomic E-state index is 11.5. The standard InChI is InChI=1S/C15H26N2O2/c1-14(2)11-4-5-15(14,3)12(10-11)19-9-8-17-7-6-16-13(17)18/h11-12H,4-10H2,1-3H3,(H,16,18)/t11-,12-,15-/m0/s1. The van der Waals surface area contributed by atoms with E-state index in [-0.39, 0.29) is 6.03 Å². The highest BCUT2D eigenvalue weighted by atomic mass is 16.5. The number of nitrogens with zero attached hydrogens (tertiary/aromatic N) is 1. The van der Waals surface area contributed by atoms with Crippen LogP contribution in [-0.4, -0.2) is 43.3 Å². The van der Waals surface area contributed by atoms with E-state index in [1.54, 1.807) is 0 Å². The fourth-order valence-corrected chi connectivity index (χ4v) is 4.41. The molecule has 3 atom stereocenters. The molecule has 0 spiro atoms. The Bertz CT molecular complexity index is 382. The lowest BCUT2D eigenvalue weighted by atomic mass is 9.70. The van der Waals surface area contributed by atoms with Gasteiger partial charge in [-0.05, 0) is 36.0 Å². The molecule has 2 aliphatic carbocycles. The van der Waals surface area contributed by atoms with E-state index in [0.29, 0.717) is 23.5 Å². The molecule has 3 aliphatic rings. The zero-order valence-corrected chi connectivity index (χ0v) is 12.4. The van der Waals surface area contributed by atoms with Crippen molar-refractivity contribution in [3.63, 3.8) is 0 Å². The summed E-state index contributed by atoms with van der Waals surface area (Å²) in [6.45, 7) is 10.2. The summed E-state index contributed by atoms with van der Waals surface area (Å²) in [5, 5.41) is 2.83. The van der Waals surface area contributed by atoms with Gasteiger partial charge in [0, 0.05) is 19.6 Å². The number of carbonyl (C=O) groups excluding carboxylic acids is 1. The molecular weight excluding hydrogens is 240 g/mol. The van der Waals surface area contributed by atoms with Gasteiger partial charge >= 0.3 is 6.03 Å². The molecule has 3 rings (SSSR count). The van der Waals surface area contributed by atoms with E-state index in [2.05, 4.69) is 26.1 Å². The third-order valence-corrected chi connectivity index (χ3v) is 6.34. The second-order valence-electron chi connectivity index (χ2n) is 7.19. The first-order valence-corrected chi connectivity index (χ1v) is 7.59. The predicted octanol–water partition coefficient (Wildman–Crippen LogP) is 2.24. The van der Waals surface area contributed by atoms with E-state index in [4.69, 9.17) is 4.74 Å². The van der Waals surface area contributed by atoms with Crippen molar-refractivity contribution in [1.82, 2.24) is 10.2 Å². The summed E-state index contributed by atoms with van der Waals surface area (Å²) in [5.74, 6) is 0.817. The Morgan fingerprint density at radius 3 is 2.74 bits per heavy atom. The summed E-state index contributed by atoms with van der Waals surface area (Å²) in [7, 11) is 0. The van der Waals surface area contributed by atoms with Crippen LogP contribution in [0.4, 0.5) is 4.79 Å². The van der Waals surface area contributed by atoms with Gasteiger partial charge in [0.2, 0.25) is 0 Å². The Hall–Kier alpha value is -0.770. The minimum Gasteiger partial charge on any atom is -0.376 e. The largest absolute Gasteiger partial charge is 0.376 e. The molecule has 19 heavy (non-hydrogen) atoms. The molecule has 2 saturated carbocycles.